The Morgan fingerprint density at radius 3 is 2.21 bits per heavy atom. The van der Waals surface area contributed by atoms with E-state index in [1.807, 2.05) is 0 Å². The van der Waals surface area contributed by atoms with Crippen molar-refractivity contribution in [3.63, 3.8) is 0 Å². The fourth-order valence-electron chi connectivity index (χ4n) is 2.50. The Balaban J connectivity index is 2.30. The van der Waals surface area contributed by atoms with Crippen LogP contribution in [0.25, 0.3) is 21.7 Å². The van der Waals surface area contributed by atoms with Crippen LogP contribution in [-0.4, -0.2) is 31.6 Å². The zero-order valence-corrected chi connectivity index (χ0v) is 15.8. The SMILES string of the molecule is CS(=O)(=O)c1ccccc1-c1nc(C(=O)C(F)(F)F)sc1-c1ccc(F)cc1. The van der Waals surface area contributed by atoms with Crippen LogP contribution in [0.4, 0.5) is 17.6 Å². The minimum atomic E-state index is -5.13. The summed E-state index contributed by atoms with van der Waals surface area (Å²) < 4.78 is 76.1. The van der Waals surface area contributed by atoms with Crippen molar-refractivity contribution in [1.82, 2.24) is 4.98 Å². The van der Waals surface area contributed by atoms with Gasteiger partial charge in [0.1, 0.15) is 5.82 Å². The summed E-state index contributed by atoms with van der Waals surface area (Å²) in [6.07, 6.45) is -4.18. The molecule has 0 atom stereocenters. The molecule has 0 aliphatic heterocycles. The molecule has 0 fully saturated rings. The highest BCUT2D eigenvalue weighted by Gasteiger charge is 2.42. The van der Waals surface area contributed by atoms with E-state index in [0.717, 1.165) is 18.4 Å². The first-order valence-electron chi connectivity index (χ1n) is 7.66. The van der Waals surface area contributed by atoms with Crippen LogP contribution < -0.4 is 0 Å². The van der Waals surface area contributed by atoms with E-state index in [-0.39, 0.29) is 21.0 Å². The average Bonchev–Trinajstić information content (AvgIpc) is 3.05. The molecule has 0 unspecified atom stereocenters. The Bertz CT molecular complexity index is 1150. The molecule has 1 heterocycles. The summed E-state index contributed by atoms with van der Waals surface area (Å²) in [6.45, 7) is 0. The van der Waals surface area contributed by atoms with Gasteiger partial charge in [-0.1, -0.05) is 30.3 Å². The van der Waals surface area contributed by atoms with Crippen molar-refractivity contribution in [2.45, 2.75) is 11.1 Å². The Kier molecular flexibility index (Phi) is 5.11. The third-order valence-corrected chi connectivity index (χ3v) is 5.99. The fourth-order valence-corrected chi connectivity index (χ4v) is 4.44. The third-order valence-electron chi connectivity index (χ3n) is 3.73. The number of sulfone groups is 1. The topological polar surface area (TPSA) is 64.1 Å². The molecule has 0 saturated carbocycles. The van der Waals surface area contributed by atoms with Gasteiger partial charge in [0.25, 0.3) is 5.78 Å². The van der Waals surface area contributed by atoms with Crippen LogP contribution in [0.3, 0.4) is 0 Å². The number of ketones is 1. The maximum atomic E-state index is 13.2. The van der Waals surface area contributed by atoms with Crippen LogP contribution in [0.5, 0.6) is 0 Å². The molecule has 2 aromatic carbocycles. The number of benzene rings is 2. The second kappa shape index (κ2) is 7.10. The lowest BCUT2D eigenvalue weighted by Gasteiger charge is -2.08. The standard InChI is InChI=1S/C18H11F4NO3S2/c1-28(25,26)13-5-3-2-4-12(13)14-15(10-6-8-11(19)9-7-10)27-17(23-14)16(24)18(20,21)22/h2-9H,1H3. The Hall–Kier alpha value is -2.59. The number of rotatable bonds is 4. The van der Waals surface area contributed by atoms with E-state index in [9.17, 15) is 30.8 Å². The molecule has 10 heteroatoms. The number of hydrogen-bond donors (Lipinski definition) is 0. The molecule has 0 N–H and O–H groups in total. The van der Waals surface area contributed by atoms with E-state index >= 15 is 0 Å². The van der Waals surface area contributed by atoms with E-state index in [1.54, 1.807) is 0 Å². The maximum absolute atomic E-state index is 13.2. The van der Waals surface area contributed by atoms with E-state index < -0.39 is 32.6 Å². The summed E-state index contributed by atoms with van der Waals surface area (Å²) >= 11 is 0.470. The molecule has 0 aliphatic rings. The number of aromatic nitrogens is 1. The smallest absolute Gasteiger partial charge is 0.281 e. The molecule has 1 aromatic heterocycles. The number of hydrogen-bond acceptors (Lipinski definition) is 5. The predicted octanol–water partition coefficient (Wildman–Crippen LogP) is 4.76. The highest BCUT2D eigenvalue weighted by atomic mass is 32.2. The van der Waals surface area contributed by atoms with Gasteiger partial charge in [-0.25, -0.2) is 17.8 Å². The highest BCUT2D eigenvalue weighted by molar-refractivity contribution is 7.90. The largest absolute Gasteiger partial charge is 0.457 e. The Morgan fingerprint density at radius 2 is 1.64 bits per heavy atom. The molecular weight excluding hydrogens is 418 g/mol. The minimum absolute atomic E-state index is 0.0572. The molecule has 0 bridgehead atoms. The van der Waals surface area contributed by atoms with Crippen LogP contribution in [-0.2, 0) is 9.84 Å². The molecule has 4 nitrogen and oxygen atoms in total. The van der Waals surface area contributed by atoms with Crippen molar-refractivity contribution in [2.75, 3.05) is 6.26 Å². The zero-order valence-electron chi connectivity index (χ0n) is 14.1. The molecule has 3 rings (SSSR count). The lowest BCUT2D eigenvalue weighted by Crippen LogP contribution is -2.22. The van der Waals surface area contributed by atoms with Crippen molar-refractivity contribution < 1.29 is 30.8 Å². The molecule has 3 aromatic rings. The van der Waals surface area contributed by atoms with Crippen LogP contribution in [0.15, 0.2) is 53.4 Å². The number of carbonyl (C=O) groups excluding carboxylic acids is 1. The Morgan fingerprint density at radius 1 is 1.04 bits per heavy atom. The van der Waals surface area contributed by atoms with E-state index in [0.29, 0.717) is 16.9 Å². The minimum Gasteiger partial charge on any atom is -0.281 e. The van der Waals surface area contributed by atoms with Crippen LogP contribution >= 0.6 is 11.3 Å². The molecule has 0 saturated heterocycles. The number of Topliss-reactive ketones (excluding diaryl/α,β-unsaturated/α-hetero) is 1. The summed E-state index contributed by atoms with van der Waals surface area (Å²) in [7, 11) is -3.73. The predicted molar refractivity (Wildman–Crippen MR) is 96.4 cm³/mol. The van der Waals surface area contributed by atoms with Crippen molar-refractivity contribution in [2.24, 2.45) is 0 Å². The van der Waals surface area contributed by atoms with Gasteiger partial charge in [0.2, 0.25) is 0 Å². The summed E-state index contributed by atoms with van der Waals surface area (Å²) in [4.78, 5) is 15.5. The molecular formula is C18H11F4NO3S2. The van der Waals surface area contributed by atoms with Crippen molar-refractivity contribution >= 4 is 27.0 Å². The molecule has 146 valence electrons. The van der Waals surface area contributed by atoms with E-state index in [4.69, 9.17) is 0 Å². The third kappa shape index (κ3) is 3.97. The normalized spacial score (nSPS) is 12.2. The number of thiazole rings is 1. The molecule has 0 radical (unpaired) electrons. The first-order valence-corrected chi connectivity index (χ1v) is 10.4. The fraction of sp³-hybridized carbons (Fsp3) is 0.111. The number of alkyl halides is 3. The monoisotopic (exact) mass is 429 g/mol. The highest BCUT2D eigenvalue weighted by Crippen LogP contribution is 2.40. The summed E-state index contributed by atoms with van der Waals surface area (Å²) in [5.74, 6) is -2.69. The zero-order chi connectivity index (χ0) is 20.7. The van der Waals surface area contributed by atoms with Gasteiger partial charge in [-0.15, -0.1) is 11.3 Å². The lowest BCUT2D eigenvalue weighted by molar-refractivity contribution is -0.0885. The second-order valence-electron chi connectivity index (χ2n) is 5.80. The van der Waals surface area contributed by atoms with Crippen molar-refractivity contribution in [1.29, 1.82) is 0 Å². The molecule has 0 amide bonds. The van der Waals surface area contributed by atoms with Gasteiger partial charge < -0.3 is 0 Å². The van der Waals surface area contributed by atoms with Crippen LogP contribution in [0.1, 0.15) is 9.80 Å². The Labute approximate surface area is 161 Å². The van der Waals surface area contributed by atoms with Gasteiger partial charge in [-0.2, -0.15) is 13.2 Å². The van der Waals surface area contributed by atoms with Gasteiger partial charge in [0, 0.05) is 11.8 Å². The number of nitrogens with zero attached hydrogens (tertiary/aromatic N) is 1. The van der Waals surface area contributed by atoms with Gasteiger partial charge >= 0.3 is 6.18 Å². The molecule has 0 spiro atoms. The summed E-state index contributed by atoms with van der Waals surface area (Å²) in [5.41, 5.74) is 0.269. The number of halogens is 4. The average molecular weight is 429 g/mol. The molecule has 0 aliphatic carbocycles. The first kappa shape index (κ1) is 20.2. The van der Waals surface area contributed by atoms with Gasteiger partial charge in [-0.3, -0.25) is 4.79 Å². The van der Waals surface area contributed by atoms with Gasteiger partial charge in [-0.05, 0) is 23.8 Å². The summed E-state index contributed by atoms with van der Waals surface area (Å²) in [6, 6.07) is 10.5. The van der Waals surface area contributed by atoms with E-state index in [1.165, 1.54) is 36.4 Å². The lowest BCUT2D eigenvalue weighted by atomic mass is 10.1. The molecule has 28 heavy (non-hydrogen) atoms. The quantitative estimate of drug-likeness (QED) is 0.443. The maximum Gasteiger partial charge on any atom is 0.457 e. The van der Waals surface area contributed by atoms with Gasteiger partial charge in [0.15, 0.2) is 14.8 Å². The van der Waals surface area contributed by atoms with E-state index in [2.05, 4.69) is 4.98 Å². The first-order chi connectivity index (χ1) is 13.0. The van der Waals surface area contributed by atoms with Crippen molar-refractivity contribution in [3.05, 3.63) is 59.4 Å². The van der Waals surface area contributed by atoms with Gasteiger partial charge in [0.05, 0.1) is 15.5 Å². The van der Waals surface area contributed by atoms with Crippen LogP contribution in [0, 0.1) is 5.82 Å². The second-order valence-corrected chi connectivity index (χ2v) is 8.78. The van der Waals surface area contributed by atoms with Crippen LogP contribution in [0.2, 0.25) is 0 Å². The number of carbonyl (C=O) groups is 1. The van der Waals surface area contributed by atoms with Crippen molar-refractivity contribution in [3.8, 4) is 21.7 Å². The summed E-state index contributed by atoms with van der Waals surface area (Å²) in [5, 5.41) is -0.829.